The van der Waals surface area contributed by atoms with Crippen molar-refractivity contribution < 1.29 is 28.6 Å². The molecule has 0 radical (unpaired) electrons. The van der Waals surface area contributed by atoms with Crippen LogP contribution in [-0.4, -0.2) is 36.2 Å². The minimum atomic E-state index is -0.132. The van der Waals surface area contributed by atoms with E-state index >= 15 is 0 Å². The molecule has 4 rings (SSSR count). The maximum atomic E-state index is 10.5. The summed E-state index contributed by atoms with van der Waals surface area (Å²) >= 11 is 0. The average molecular weight is 505 g/mol. The number of benzene rings is 1. The summed E-state index contributed by atoms with van der Waals surface area (Å²) in [5.74, 6) is -0.397. The van der Waals surface area contributed by atoms with Gasteiger partial charge in [0.2, 0.25) is 0 Å². The van der Waals surface area contributed by atoms with Crippen molar-refractivity contribution in [3.05, 3.63) is 36.4 Å². The van der Waals surface area contributed by atoms with Crippen LogP contribution in [0, 0.1) is 0 Å². The maximum Gasteiger partial charge on any atom is 0.302 e. The van der Waals surface area contributed by atoms with Gasteiger partial charge in [0.1, 0.15) is 18.3 Å². The van der Waals surface area contributed by atoms with Crippen LogP contribution in [0.5, 0.6) is 0 Å². The zero-order valence-electron chi connectivity index (χ0n) is 22.8. The summed E-state index contributed by atoms with van der Waals surface area (Å²) < 4.78 is 15.2. The molecule has 204 valence electrons. The van der Waals surface area contributed by atoms with Gasteiger partial charge in [-0.2, -0.15) is 0 Å². The molecule has 1 aromatic carbocycles. The first-order chi connectivity index (χ1) is 17.4. The zero-order valence-corrected chi connectivity index (χ0v) is 22.8. The third-order valence-corrected chi connectivity index (χ3v) is 6.32. The molecule has 0 saturated heterocycles. The summed E-state index contributed by atoms with van der Waals surface area (Å²) in [5, 5.41) is 0. The van der Waals surface area contributed by atoms with Crippen molar-refractivity contribution in [3.63, 3.8) is 0 Å². The molecule has 3 fully saturated rings. The van der Waals surface area contributed by atoms with E-state index in [4.69, 9.17) is 14.2 Å². The molecule has 0 bridgehead atoms. The third-order valence-electron chi connectivity index (χ3n) is 6.32. The van der Waals surface area contributed by atoms with Crippen molar-refractivity contribution >= 4 is 17.9 Å². The van der Waals surface area contributed by atoms with E-state index in [0.29, 0.717) is 0 Å². The number of carbonyl (C=O) groups is 3. The van der Waals surface area contributed by atoms with Crippen molar-refractivity contribution in [1.82, 2.24) is 0 Å². The Morgan fingerprint density at radius 1 is 0.417 bits per heavy atom. The van der Waals surface area contributed by atoms with Crippen LogP contribution in [0.15, 0.2) is 36.4 Å². The summed E-state index contributed by atoms with van der Waals surface area (Å²) in [6, 6.07) is 12.0. The van der Waals surface area contributed by atoms with Crippen molar-refractivity contribution in [2.45, 2.75) is 135 Å². The number of rotatable bonds is 3. The fourth-order valence-electron chi connectivity index (χ4n) is 4.64. The second-order valence-electron chi connectivity index (χ2n) is 9.76. The maximum absolute atomic E-state index is 10.5. The highest BCUT2D eigenvalue weighted by molar-refractivity contribution is 5.66. The van der Waals surface area contributed by atoms with Gasteiger partial charge in [0.25, 0.3) is 0 Å². The fourth-order valence-corrected chi connectivity index (χ4v) is 4.64. The lowest BCUT2D eigenvalue weighted by atomic mass is 9.98. The quantitative estimate of drug-likeness (QED) is 0.317. The molecule has 3 aliphatic rings. The van der Waals surface area contributed by atoms with Crippen molar-refractivity contribution in [2.24, 2.45) is 0 Å². The topological polar surface area (TPSA) is 78.9 Å². The Kier molecular flexibility index (Phi) is 18.3. The van der Waals surface area contributed by atoms with Crippen LogP contribution in [0.25, 0.3) is 0 Å². The predicted molar refractivity (Wildman–Crippen MR) is 142 cm³/mol. The van der Waals surface area contributed by atoms with Gasteiger partial charge < -0.3 is 14.2 Å². The Hall–Kier alpha value is -2.37. The zero-order chi connectivity index (χ0) is 26.4. The lowest BCUT2D eigenvalue weighted by Gasteiger charge is -2.20. The van der Waals surface area contributed by atoms with E-state index in [1.807, 2.05) is 36.4 Å². The minimum absolute atomic E-state index is 0.132. The molecule has 6 nitrogen and oxygen atoms in total. The Balaban J connectivity index is 0.000000244. The largest absolute Gasteiger partial charge is 0.463 e. The molecule has 0 amide bonds. The number of hydrogen-bond acceptors (Lipinski definition) is 6. The lowest BCUT2D eigenvalue weighted by molar-refractivity contribution is -0.148. The first-order valence-electron chi connectivity index (χ1n) is 13.9. The molecule has 0 unspecified atom stereocenters. The Morgan fingerprint density at radius 2 is 0.611 bits per heavy atom. The highest BCUT2D eigenvalue weighted by Gasteiger charge is 2.16. The van der Waals surface area contributed by atoms with Gasteiger partial charge in [-0.1, -0.05) is 55.7 Å². The van der Waals surface area contributed by atoms with Crippen LogP contribution in [0.2, 0.25) is 0 Å². The standard InChI is InChI=1S/3C8H14O2.C6H6/c3*1-7(9)10-8-5-3-2-4-6-8;1-2-4-6-5-3-1/h3*8H,2-6H2,1H3;1-6H. The van der Waals surface area contributed by atoms with Gasteiger partial charge in [-0.25, -0.2) is 0 Å². The molecule has 0 aliphatic heterocycles. The van der Waals surface area contributed by atoms with Crippen LogP contribution in [0.1, 0.15) is 117 Å². The normalized spacial score (nSPS) is 18.4. The first kappa shape index (κ1) is 31.7. The molecular formula is C30H48O6. The highest BCUT2D eigenvalue weighted by Crippen LogP contribution is 2.21. The van der Waals surface area contributed by atoms with E-state index in [1.165, 1.54) is 78.6 Å². The molecule has 0 aromatic heterocycles. The smallest absolute Gasteiger partial charge is 0.302 e. The third kappa shape index (κ3) is 18.9. The summed E-state index contributed by atoms with van der Waals surface area (Å²) in [6.07, 6.45) is 18.3. The van der Waals surface area contributed by atoms with Gasteiger partial charge in [-0.15, -0.1) is 0 Å². The molecule has 3 saturated carbocycles. The van der Waals surface area contributed by atoms with Crippen LogP contribution in [-0.2, 0) is 28.6 Å². The number of carbonyl (C=O) groups excluding carboxylic acids is 3. The van der Waals surface area contributed by atoms with Crippen LogP contribution >= 0.6 is 0 Å². The van der Waals surface area contributed by atoms with E-state index in [0.717, 1.165) is 38.5 Å². The Morgan fingerprint density at radius 3 is 0.778 bits per heavy atom. The van der Waals surface area contributed by atoms with Crippen LogP contribution in [0.3, 0.4) is 0 Å². The van der Waals surface area contributed by atoms with Gasteiger partial charge in [0, 0.05) is 20.8 Å². The van der Waals surface area contributed by atoms with E-state index in [1.54, 1.807) is 0 Å². The van der Waals surface area contributed by atoms with Gasteiger partial charge in [0.15, 0.2) is 0 Å². The predicted octanol–water partition coefficient (Wildman–Crippen LogP) is 7.33. The van der Waals surface area contributed by atoms with Crippen molar-refractivity contribution in [3.8, 4) is 0 Å². The highest BCUT2D eigenvalue weighted by atomic mass is 16.5. The fraction of sp³-hybridized carbons (Fsp3) is 0.700. The molecule has 3 aliphatic carbocycles. The average Bonchev–Trinajstić information content (AvgIpc) is 2.87. The van der Waals surface area contributed by atoms with Crippen molar-refractivity contribution in [2.75, 3.05) is 0 Å². The Labute approximate surface area is 218 Å². The molecule has 1 aromatic rings. The van der Waals surface area contributed by atoms with Gasteiger partial charge in [-0.05, 0) is 77.0 Å². The van der Waals surface area contributed by atoms with Gasteiger partial charge in [0.05, 0.1) is 0 Å². The van der Waals surface area contributed by atoms with E-state index in [-0.39, 0.29) is 36.2 Å². The molecular weight excluding hydrogens is 456 g/mol. The number of hydrogen-bond donors (Lipinski definition) is 0. The summed E-state index contributed by atoms with van der Waals surface area (Å²) in [5.41, 5.74) is 0. The van der Waals surface area contributed by atoms with Crippen molar-refractivity contribution in [1.29, 1.82) is 0 Å². The van der Waals surface area contributed by atoms with Gasteiger partial charge >= 0.3 is 17.9 Å². The molecule has 0 atom stereocenters. The summed E-state index contributed by atoms with van der Waals surface area (Å²) in [7, 11) is 0. The van der Waals surface area contributed by atoms with E-state index in [2.05, 4.69) is 0 Å². The Bertz CT molecular complexity index is 589. The molecule has 0 heterocycles. The van der Waals surface area contributed by atoms with Crippen LogP contribution in [0.4, 0.5) is 0 Å². The molecule has 0 N–H and O–H groups in total. The van der Waals surface area contributed by atoms with Gasteiger partial charge in [-0.3, -0.25) is 14.4 Å². The SMILES string of the molecule is CC(=O)OC1CCCCC1.CC(=O)OC1CCCCC1.CC(=O)OC1CCCCC1.c1ccccc1. The summed E-state index contributed by atoms with van der Waals surface area (Å²) in [6.45, 7) is 4.44. The second kappa shape index (κ2) is 20.8. The van der Waals surface area contributed by atoms with E-state index < -0.39 is 0 Å². The first-order valence-corrected chi connectivity index (χ1v) is 13.9. The summed E-state index contributed by atoms with van der Waals surface area (Å²) in [4.78, 5) is 31.5. The van der Waals surface area contributed by atoms with Crippen LogP contribution < -0.4 is 0 Å². The second-order valence-corrected chi connectivity index (χ2v) is 9.76. The molecule has 6 heteroatoms. The number of ether oxygens (including phenoxy) is 3. The minimum Gasteiger partial charge on any atom is -0.463 e. The lowest BCUT2D eigenvalue weighted by Crippen LogP contribution is -2.18. The molecule has 36 heavy (non-hydrogen) atoms. The monoisotopic (exact) mass is 504 g/mol. The number of esters is 3. The molecule has 0 spiro atoms. The van der Waals surface area contributed by atoms with E-state index in [9.17, 15) is 14.4 Å².